The Morgan fingerprint density at radius 3 is 1.08 bits per heavy atom. The Morgan fingerprint density at radius 2 is 0.875 bits per heavy atom. The first-order chi connectivity index (χ1) is 11.0. The van der Waals surface area contributed by atoms with Crippen LogP contribution < -0.4 is 0 Å². The third kappa shape index (κ3) is 6.07. The molecule has 2 aromatic carbocycles. The van der Waals surface area contributed by atoms with Crippen LogP contribution in [0, 0.1) is 0 Å². The molecule has 2 rings (SSSR count). The SMILES string of the molecule is CC(C)(O)C(=O)c1ccccc1.CC(C)(O)C(=O)c1ccccc1. The number of benzene rings is 2. The zero-order valence-electron chi connectivity index (χ0n) is 14.5. The monoisotopic (exact) mass is 328 g/mol. The maximum absolute atomic E-state index is 11.4. The van der Waals surface area contributed by atoms with Gasteiger partial charge in [-0.15, -0.1) is 0 Å². The second-order valence-corrected chi connectivity index (χ2v) is 6.51. The van der Waals surface area contributed by atoms with Crippen LogP contribution in [-0.4, -0.2) is 33.0 Å². The molecule has 0 fully saturated rings. The third-order valence-electron chi connectivity index (χ3n) is 3.18. The summed E-state index contributed by atoms with van der Waals surface area (Å²) in [6, 6.07) is 17.6. The van der Waals surface area contributed by atoms with Crippen molar-refractivity contribution in [3.8, 4) is 0 Å². The summed E-state index contributed by atoms with van der Waals surface area (Å²) in [7, 11) is 0. The number of carbonyl (C=O) groups is 2. The molecule has 2 aromatic rings. The molecule has 0 bridgehead atoms. The Labute approximate surface area is 142 Å². The Balaban J connectivity index is 0.000000240. The second kappa shape index (κ2) is 7.99. The first-order valence-corrected chi connectivity index (χ1v) is 7.68. The molecule has 0 heterocycles. The highest BCUT2D eigenvalue weighted by molar-refractivity contribution is 6.02. The molecule has 0 aromatic heterocycles. The minimum Gasteiger partial charge on any atom is -0.382 e. The van der Waals surface area contributed by atoms with Crippen molar-refractivity contribution in [2.45, 2.75) is 38.9 Å². The maximum Gasteiger partial charge on any atom is 0.193 e. The number of rotatable bonds is 4. The lowest BCUT2D eigenvalue weighted by Gasteiger charge is -2.14. The van der Waals surface area contributed by atoms with E-state index in [0.717, 1.165) is 0 Å². The van der Waals surface area contributed by atoms with Crippen molar-refractivity contribution in [1.82, 2.24) is 0 Å². The van der Waals surface area contributed by atoms with Gasteiger partial charge in [-0.2, -0.15) is 0 Å². The lowest BCUT2D eigenvalue weighted by Crippen LogP contribution is -2.30. The predicted molar refractivity (Wildman–Crippen MR) is 94.1 cm³/mol. The number of hydrogen-bond acceptors (Lipinski definition) is 4. The highest BCUT2D eigenvalue weighted by Gasteiger charge is 2.25. The van der Waals surface area contributed by atoms with Crippen LogP contribution >= 0.6 is 0 Å². The molecule has 0 unspecified atom stereocenters. The largest absolute Gasteiger partial charge is 0.382 e. The molecule has 0 saturated heterocycles. The summed E-state index contributed by atoms with van der Waals surface area (Å²) in [5.74, 6) is -0.494. The Morgan fingerprint density at radius 1 is 0.625 bits per heavy atom. The van der Waals surface area contributed by atoms with Gasteiger partial charge in [0, 0.05) is 11.1 Å². The van der Waals surface area contributed by atoms with E-state index in [1.165, 1.54) is 27.7 Å². The molecule has 2 N–H and O–H groups in total. The third-order valence-corrected chi connectivity index (χ3v) is 3.18. The smallest absolute Gasteiger partial charge is 0.193 e. The van der Waals surface area contributed by atoms with Crippen LogP contribution in [0.2, 0.25) is 0 Å². The van der Waals surface area contributed by atoms with Crippen molar-refractivity contribution < 1.29 is 19.8 Å². The maximum atomic E-state index is 11.4. The zero-order chi connectivity index (χ0) is 18.4. The lowest BCUT2D eigenvalue weighted by molar-refractivity contribution is 0.0487. The van der Waals surface area contributed by atoms with Crippen LogP contribution in [0.4, 0.5) is 0 Å². The average Bonchev–Trinajstić information content (AvgIpc) is 2.54. The summed E-state index contributed by atoms with van der Waals surface area (Å²) in [6.45, 7) is 5.95. The summed E-state index contributed by atoms with van der Waals surface area (Å²) in [4.78, 5) is 22.8. The van der Waals surface area contributed by atoms with Gasteiger partial charge in [-0.1, -0.05) is 60.7 Å². The topological polar surface area (TPSA) is 74.6 Å². The van der Waals surface area contributed by atoms with Gasteiger partial charge in [-0.3, -0.25) is 9.59 Å². The van der Waals surface area contributed by atoms with Gasteiger partial charge in [0.2, 0.25) is 0 Å². The summed E-state index contributed by atoms with van der Waals surface area (Å²) in [6.07, 6.45) is 0. The van der Waals surface area contributed by atoms with Crippen molar-refractivity contribution in [2.75, 3.05) is 0 Å². The molecular weight excluding hydrogens is 304 g/mol. The highest BCUT2D eigenvalue weighted by atomic mass is 16.3. The molecule has 0 spiro atoms. The average molecular weight is 328 g/mol. The fraction of sp³-hybridized carbons (Fsp3) is 0.300. The minimum absolute atomic E-state index is 0.247. The number of aliphatic hydroxyl groups is 2. The van der Waals surface area contributed by atoms with Crippen LogP contribution in [0.5, 0.6) is 0 Å². The standard InChI is InChI=1S/2C10H12O2/c2*1-10(2,12)9(11)8-6-4-3-5-7-8/h2*3-7,12H,1-2H3. The number of Topliss-reactive ketones (excluding diaryl/α,β-unsaturated/α-hetero) is 2. The van der Waals surface area contributed by atoms with Gasteiger partial charge in [-0.25, -0.2) is 0 Å². The van der Waals surface area contributed by atoms with E-state index >= 15 is 0 Å². The van der Waals surface area contributed by atoms with Crippen molar-refractivity contribution in [2.24, 2.45) is 0 Å². The Kier molecular flexibility index (Phi) is 6.58. The van der Waals surface area contributed by atoms with Crippen LogP contribution in [0.25, 0.3) is 0 Å². The van der Waals surface area contributed by atoms with Gasteiger partial charge in [0.05, 0.1) is 0 Å². The molecule has 0 atom stereocenters. The first-order valence-electron chi connectivity index (χ1n) is 7.68. The molecule has 0 aliphatic heterocycles. The van der Waals surface area contributed by atoms with Crippen LogP contribution in [0.3, 0.4) is 0 Å². The summed E-state index contributed by atoms with van der Waals surface area (Å²) in [5, 5.41) is 18.8. The number of hydrogen-bond donors (Lipinski definition) is 2. The van der Waals surface area contributed by atoms with E-state index in [1.54, 1.807) is 48.5 Å². The number of ketones is 2. The Bertz CT molecular complexity index is 601. The minimum atomic E-state index is -1.28. The molecule has 0 radical (unpaired) electrons. The van der Waals surface area contributed by atoms with E-state index in [0.29, 0.717) is 11.1 Å². The first kappa shape index (κ1) is 19.7. The van der Waals surface area contributed by atoms with Crippen LogP contribution in [0.1, 0.15) is 48.4 Å². The molecular formula is C20H24O4. The fourth-order valence-electron chi connectivity index (χ4n) is 1.89. The predicted octanol–water partition coefficient (Wildman–Crippen LogP) is 3.28. The van der Waals surface area contributed by atoms with Crippen LogP contribution in [-0.2, 0) is 0 Å². The summed E-state index contributed by atoms with van der Waals surface area (Å²) in [5.41, 5.74) is -1.46. The molecule has 128 valence electrons. The molecule has 0 amide bonds. The van der Waals surface area contributed by atoms with E-state index in [1.807, 2.05) is 12.1 Å². The van der Waals surface area contributed by atoms with E-state index in [4.69, 9.17) is 0 Å². The van der Waals surface area contributed by atoms with Crippen molar-refractivity contribution in [1.29, 1.82) is 0 Å². The Hall–Kier alpha value is -2.30. The second-order valence-electron chi connectivity index (χ2n) is 6.51. The normalized spacial score (nSPS) is 11.2. The van der Waals surface area contributed by atoms with E-state index in [9.17, 15) is 19.8 Å². The summed E-state index contributed by atoms with van der Waals surface area (Å²) >= 11 is 0. The fourth-order valence-corrected chi connectivity index (χ4v) is 1.89. The van der Waals surface area contributed by atoms with E-state index < -0.39 is 11.2 Å². The van der Waals surface area contributed by atoms with Gasteiger partial charge in [-0.05, 0) is 27.7 Å². The van der Waals surface area contributed by atoms with Gasteiger partial charge in [0.1, 0.15) is 11.2 Å². The van der Waals surface area contributed by atoms with E-state index in [2.05, 4.69) is 0 Å². The van der Waals surface area contributed by atoms with Gasteiger partial charge in [0.15, 0.2) is 11.6 Å². The molecule has 4 nitrogen and oxygen atoms in total. The summed E-state index contributed by atoms with van der Waals surface area (Å²) < 4.78 is 0. The molecule has 24 heavy (non-hydrogen) atoms. The van der Waals surface area contributed by atoms with Crippen molar-refractivity contribution in [3.05, 3.63) is 71.8 Å². The molecule has 4 heteroatoms. The van der Waals surface area contributed by atoms with Gasteiger partial charge >= 0.3 is 0 Å². The van der Waals surface area contributed by atoms with Gasteiger partial charge < -0.3 is 10.2 Å². The highest BCUT2D eigenvalue weighted by Crippen LogP contribution is 2.12. The quantitative estimate of drug-likeness (QED) is 0.845. The molecule has 0 saturated carbocycles. The van der Waals surface area contributed by atoms with Crippen molar-refractivity contribution in [3.63, 3.8) is 0 Å². The van der Waals surface area contributed by atoms with E-state index in [-0.39, 0.29) is 11.6 Å². The lowest BCUT2D eigenvalue weighted by atomic mass is 9.97. The molecule has 0 aliphatic carbocycles. The zero-order valence-corrected chi connectivity index (χ0v) is 14.5. The van der Waals surface area contributed by atoms with Gasteiger partial charge in [0.25, 0.3) is 0 Å². The number of carbonyl (C=O) groups excluding carboxylic acids is 2. The molecule has 0 aliphatic rings. The van der Waals surface area contributed by atoms with Crippen LogP contribution in [0.15, 0.2) is 60.7 Å². The van der Waals surface area contributed by atoms with Crippen molar-refractivity contribution >= 4 is 11.6 Å².